The summed E-state index contributed by atoms with van der Waals surface area (Å²) in [7, 11) is 1.63. The summed E-state index contributed by atoms with van der Waals surface area (Å²) >= 11 is 0. The Morgan fingerprint density at radius 3 is 2.33 bits per heavy atom. The third-order valence-corrected chi connectivity index (χ3v) is 1.34. The summed E-state index contributed by atoms with van der Waals surface area (Å²) in [4.78, 5) is 10.3. The van der Waals surface area contributed by atoms with Crippen LogP contribution >= 0.6 is 24.8 Å². The predicted octanol–water partition coefficient (Wildman–Crippen LogP) is 0.242. The van der Waals surface area contributed by atoms with Gasteiger partial charge in [0.15, 0.2) is 0 Å². The topological polar surface area (TPSA) is 75.3 Å². The number of carbonyl (C=O) groups is 1. The molecule has 12 heavy (non-hydrogen) atoms. The molecule has 0 spiro atoms. The van der Waals surface area contributed by atoms with Crippen LogP contribution in [0.3, 0.4) is 0 Å². The summed E-state index contributed by atoms with van der Waals surface area (Å²) in [6.07, 6.45) is 1.35. The van der Waals surface area contributed by atoms with Crippen molar-refractivity contribution in [2.24, 2.45) is 5.73 Å². The molecule has 0 aliphatic rings. The first-order valence-corrected chi connectivity index (χ1v) is 3.32. The Bertz CT molecular complexity index is 114. The van der Waals surface area contributed by atoms with E-state index in [1.165, 1.54) is 0 Å². The van der Waals surface area contributed by atoms with Crippen LogP contribution in [0, 0.1) is 0 Å². The largest absolute Gasteiger partial charge is 0.480 e. The lowest BCUT2D eigenvalue weighted by atomic mass is 10.1. The van der Waals surface area contributed by atoms with E-state index >= 15 is 0 Å². The van der Waals surface area contributed by atoms with Crippen molar-refractivity contribution < 1.29 is 9.90 Å². The molecule has 6 heteroatoms. The van der Waals surface area contributed by atoms with Crippen LogP contribution in [-0.2, 0) is 4.79 Å². The molecule has 4 nitrogen and oxygen atoms in total. The van der Waals surface area contributed by atoms with Gasteiger partial charge < -0.3 is 16.2 Å². The molecule has 1 atom stereocenters. The molecule has 0 saturated heterocycles. The highest BCUT2D eigenvalue weighted by atomic mass is 35.5. The maximum absolute atomic E-state index is 10.3. The number of nitrogens with one attached hydrogen (secondary N) is 1. The number of nitrogens with two attached hydrogens (primary N) is 1. The lowest BCUT2D eigenvalue weighted by molar-refractivity contribution is -0.139. The van der Waals surface area contributed by atoms with Gasteiger partial charge in [-0.25, -0.2) is 0 Å². The number of carboxylic acid groups (broad SMARTS) is 1. The van der Waals surface area contributed by atoms with E-state index in [0.29, 0.717) is 13.0 Å². The molecule has 0 aliphatic carbocycles. The lowest BCUT2D eigenvalue weighted by Gasteiger charge is -2.08. The fourth-order valence-electron chi connectivity index (χ4n) is 0.713. The van der Waals surface area contributed by atoms with Crippen molar-refractivity contribution in [3.05, 3.63) is 0 Å². The van der Waals surface area contributed by atoms with Gasteiger partial charge in [-0.2, -0.15) is 0 Å². The molecule has 0 aromatic rings. The van der Waals surface area contributed by atoms with Crippen molar-refractivity contribution in [1.29, 1.82) is 0 Å². The molecule has 76 valence electrons. The fraction of sp³-hybridized carbons (Fsp3) is 0.833. The Labute approximate surface area is 84.7 Å². The quantitative estimate of drug-likeness (QED) is 0.619. The number of halogens is 2. The van der Waals surface area contributed by atoms with Crippen molar-refractivity contribution in [2.75, 3.05) is 13.6 Å². The van der Waals surface area contributed by atoms with Crippen LogP contribution in [0.2, 0.25) is 0 Å². The van der Waals surface area contributed by atoms with Crippen LogP contribution in [0.5, 0.6) is 0 Å². The van der Waals surface area contributed by atoms with Crippen LogP contribution in [-0.4, -0.2) is 30.7 Å². The molecule has 0 amide bonds. The third-order valence-electron chi connectivity index (χ3n) is 1.34. The van der Waals surface area contributed by atoms with Gasteiger partial charge in [-0.3, -0.25) is 4.79 Å². The first-order valence-electron chi connectivity index (χ1n) is 3.32. The van der Waals surface area contributed by atoms with Gasteiger partial charge in [0.1, 0.15) is 6.04 Å². The second kappa shape index (κ2) is 11.0. The standard InChI is InChI=1S/C6H14N2O2.2ClH/c1-8-5(6(9)10)3-2-4-7;;/h5,8H,2-4,7H2,1H3,(H,9,10);2*1H/t5-;;/m1../s1. The summed E-state index contributed by atoms with van der Waals surface area (Å²) in [6.45, 7) is 0.547. The smallest absolute Gasteiger partial charge is 0.320 e. The average Bonchev–Trinajstić information content (AvgIpc) is 1.89. The van der Waals surface area contributed by atoms with Crippen molar-refractivity contribution in [3.8, 4) is 0 Å². The van der Waals surface area contributed by atoms with Crippen molar-refractivity contribution in [3.63, 3.8) is 0 Å². The van der Waals surface area contributed by atoms with Crippen LogP contribution in [0.4, 0.5) is 0 Å². The van der Waals surface area contributed by atoms with Gasteiger partial charge >= 0.3 is 5.97 Å². The minimum atomic E-state index is -0.809. The zero-order valence-corrected chi connectivity index (χ0v) is 8.58. The average molecular weight is 219 g/mol. The highest BCUT2D eigenvalue weighted by molar-refractivity contribution is 5.85. The molecule has 4 N–H and O–H groups in total. The summed E-state index contributed by atoms with van der Waals surface area (Å²) in [5.74, 6) is -0.809. The second-order valence-corrected chi connectivity index (χ2v) is 2.11. The molecule has 0 unspecified atom stereocenters. The maximum atomic E-state index is 10.3. The fourth-order valence-corrected chi connectivity index (χ4v) is 0.713. The van der Waals surface area contributed by atoms with Gasteiger partial charge in [0.05, 0.1) is 0 Å². The summed E-state index contributed by atoms with van der Waals surface area (Å²) < 4.78 is 0. The second-order valence-electron chi connectivity index (χ2n) is 2.11. The minimum Gasteiger partial charge on any atom is -0.480 e. The SMILES string of the molecule is CN[C@H](CCCN)C(=O)O.Cl.Cl. The number of hydrogen-bond acceptors (Lipinski definition) is 3. The molecule has 0 fully saturated rings. The van der Waals surface area contributed by atoms with E-state index in [9.17, 15) is 4.79 Å². The summed E-state index contributed by atoms with van der Waals surface area (Å²) in [5, 5.41) is 11.2. The van der Waals surface area contributed by atoms with E-state index in [0.717, 1.165) is 6.42 Å². The molecular weight excluding hydrogens is 203 g/mol. The van der Waals surface area contributed by atoms with Crippen LogP contribution in [0.25, 0.3) is 0 Å². The molecule has 0 radical (unpaired) electrons. The highest BCUT2D eigenvalue weighted by Crippen LogP contribution is 1.94. The predicted molar refractivity (Wildman–Crippen MR) is 53.3 cm³/mol. The Morgan fingerprint density at radius 2 is 2.08 bits per heavy atom. The molecule has 0 aromatic heterocycles. The molecule has 0 saturated carbocycles. The summed E-state index contributed by atoms with van der Waals surface area (Å²) in [5.41, 5.74) is 5.21. The normalized spacial score (nSPS) is 10.8. The maximum Gasteiger partial charge on any atom is 0.320 e. The Balaban J connectivity index is -0.000000405. The molecule has 0 aliphatic heterocycles. The monoisotopic (exact) mass is 218 g/mol. The number of aliphatic carboxylic acids is 1. The lowest BCUT2D eigenvalue weighted by Crippen LogP contribution is -2.34. The van der Waals surface area contributed by atoms with E-state index < -0.39 is 12.0 Å². The van der Waals surface area contributed by atoms with E-state index in [1.54, 1.807) is 7.05 Å². The van der Waals surface area contributed by atoms with Gasteiger partial charge in [-0.15, -0.1) is 24.8 Å². The van der Waals surface area contributed by atoms with E-state index in [-0.39, 0.29) is 24.8 Å². The molecule has 0 heterocycles. The third kappa shape index (κ3) is 8.07. The molecule has 0 bridgehead atoms. The van der Waals surface area contributed by atoms with Crippen molar-refractivity contribution >= 4 is 30.8 Å². The van der Waals surface area contributed by atoms with Gasteiger partial charge in [-0.05, 0) is 26.4 Å². The van der Waals surface area contributed by atoms with E-state index in [1.807, 2.05) is 0 Å². The van der Waals surface area contributed by atoms with Crippen LogP contribution in [0.1, 0.15) is 12.8 Å². The Hall–Kier alpha value is -0.0300. The van der Waals surface area contributed by atoms with E-state index in [2.05, 4.69) is 5.32 Å². The first-order chi connectivity index (χ1) is 4.72. The van der Waals surface area contributed by atoms with Crippen LogP contribution < -0.4 is 11.1 Å². The van der Waals surface area contributed by atoms with E-state index in [4.69, 9.17) is 10.8 Å². The number of rotatable bonds is 5. The van der Waals surface area contributed by atoms with Crippen molar-refractivity contribution in [1.82, 2.24) is 5.32 Å². The number of likely N-dealkylation sites (N-methyl/N-ethyl adjacent to an activating group) is 1. The zero-order chi connectivity index (χ0) is 7.98. The number of hydrogen-bond donors (Lipinski definition) is 3. The summed E-state index contributed by atoms with van der Waals surface area (Å²) in [6, 6.07) is -0.441. The van der Waals surface area contributed by atoms with Gasteiger partial charge in [0.25, 0.3) is 0 Å². The molecule has 0 aromatic carbocycles. The van der Waals surface area contributed by atoms with Crippen molar-refractivity contribution in [2.45, 2.75) is 18.9 Å². The first kappa shape index (κ1) is 17.9. The highest BCUT2D eigenvalue weighted by Gasteiger charge is 2.12. The molecule has 0 rings (SSSR count). The van der Waals surface area contributed by atoms with Gasteiger partial charge in [0.2, 0.25) is 0 Å². The van der Waals surface area contributed by atoms with Crippen LogP contribution in [0.15, 0.2) is 0 Å². The Morgan fingerprint density at radius 1 is 1.58 bits per heavy atom. The number of carboxylic acids is 1. The molecular formula is C6H16Cl2N2O2. The Kier molecular flexibility index (Phi) is 16.4. The van der Waals surface area contributed by atoms with Gasteiger partial charge in [0, 0.05) is 0 Å². The van der Waals surface area contributed by atoms with Gasteiger partial charge in [-0.1, -0.05) is 0 Å². The zero-order valence-electron chi connectivity index (χ0n) is 6.95. The minimum absolute atomic E-state index is 0.